The van der Waals surface area contributed by atoms with E-state index in [9.17, 15) is 27.2 Å². The number of ether oxygens (including phenoxy) is 1. The molecule has 0 unspecified atom stereocenters. The van der Waals surface area contributed by atoms with E-state index < -0.39 is 39.6 Å². The molecule has 0 aliphatic carbocycles. The molecule has 230 valence electrons. The zero-order chi connectivity index (χ0) is 32.0. The quantitative estimate of drug-likeness (QED) is 0.144. The maximum Gasteiger partial charge on any atom is 0.352 e. The Bertz CT molecular complexity index is 1630. The Morgan fingerprint density at radius 2 is 1.44 bits per heavy atom. The standard InChI is InChI=1S/C31H37FN4O6S/c1-30(2,3)42-28(38)24(33)11-8-14-27(37)35-25-12-6-10-23-22(25)9-7-13-26(23)43(40,41)36-21-17-15-20(16-18-21)34-29(39)31(4,5)19-32/h6-7,9-10,12-13,15-18,33,36H,8,11,14,19H2,1-5H3,(H,34,39)(H,35,37). The summed E-state index contributed by atoms with van der Waals surface area (Å²) in [6.07, 6.45) is 0.381. The summed E-state index contributed by atoms with van der Waals surface area (Å²) >= 11 is 0. The Labute approximate surface area is 251 Å². The number of carbonyl (C=O) groups is 3. The van der Waals surface area contributed by atoms with Gasteiger partial charge in [-0.05, 0) is 83.9 Å². The van der Waals surface area contributed by atoms with Crippen molar-refractivity contribution < 1.29 is 31.9 Å². The van der Waals surface area contributed by atoms with Crippen molar-refractivity contribution >= 4 is 61.4 Å². The van der Waals surface area contributed by atoms with Crippen LogP contribution in [-0.2, 0) is 29.1 Å². The molecule has 3 rings (SSSR count). The van der Waals surface area contributed by atoms with Crippen molar-refractivity contribution in [1.29, 1.82) is 5.41 Å². The number of carbonyl (C=O) groups excluding carboxylic acids is 3. The average Bonchev–Trinajstić information content (AvgIpc) is 2.92. The number of amides is 2. The van der Waals surface area contributed by atoms with Crippen molar-refractivity contribution in [3.8, 4) is 0 Å². The van der Waals surface area contributed by atoms with Crippen molar-refractivity contribution in [3.63, 3.8) is 0 Å². The lowest BCUT2D eigenvalue weighted by Crippen LogP contribution is -2.32. The van der Waals surface area contributed by atoms with Crippen LogP contribution in [0, 0.1) is 10.8 Å². The fraction of sp³-hybridized carbons (Fsp3) is 0.355. The van der Waals surface area contributed by atoms with Gasteiger partial charge in [-0.3, -0.25) is 19.7 Å². The minimum absolute atomic E-state index is 0.00557. The zero-order valence-corrected chi connectivity index (χ0v) is 25.7. The molecule has 0 radical (unpaired) electrons. The van der Waals surface area contributed by atoms with E-state index in [1.165, 1.54) is 44.2 Å². The summed E-state index contributed by atoms with van der Waals surface area (Å²) in [5, 5.41) is 14.2. The molecule has 43 heavy (non-hydrogen) atoms. The van der Waals surface area contributed by atoms with E-state index in [1.807, 2.05) is 0 Å². The topological polar surface area (TPSA) is 155 Å². The Kier molecular flexibility index (Phi) is 10.3. The molecule has 0 fully saturated rings. The third kappa shape index (κ3) is 9.08. The van der Waals surface area contributed by atoms with Crippen molar-refractivity contribution in [2.24, 2.45) is 5.41 Å². The van der Waals surface area contributed by atoms with Crippen molar-refractivity contribution in [2.75, 3.05) is 22.0 Å². The Hall–Kier alpha value is -4.32. The molecule has 0 bridgehead atoms. The number of sulfonamides is 1. The van der Waals surface area contributed by atoms with Gasteiger partial charge in [-0.2, -0.15) is 0 Å². The van der Waals surface area contributed by atoms with Crippen LogP contribution in [0.15, 0.2) is 65.6 Å². The van der Waals surface area contributed by atoms with E-state index >= 15 is 0 Å². The van der Waals surface area contributed by atoms with E-state index in [0.29, 0.717) is 22.1 Å². The summed E-state index contributed by atoms with van der Waals surface area (Å²) < 4.78 is 47.5. The third-order valence-corrected chi connectivity index (χ3v) is 7.70. The second kappa shape index (κ2) is 13.3. The smallest absolute Gasteiger partial charge is 0.352 e. The predicted octanol–water partition coefficient (Wildman–Crippen LogP) is 6.05. The summed E-state index contributed by atoms with van der Waals surface area (Å²) in [4.78, 5) is 36.8. The van der Waals surface area contributed by atoms with E-state index in [-0.39, 0.29) is 41.5 Å². The highest BCUT2D eigenvalue weighted by molar-refractivity contribution is 7.93. The molecule has 0 heterocycles. The summed E-state index contributed by atoms with van der Waals surface area (Å²) in [5.74, 6) is -1.56. The molecule has 4 N–H and O–H groups in total. The lowest BCUT2D eigenvalue weighted by atomic mass is 9.94. The summed E-state index contributed by atoms with van der Waals surface area (Å²) in [5.41, 5.74) is -1.06. The van der Waals surface area contributed by atoms with Crippen LogP contribution < -0.4 is 15.4 Å². The van der Waals surface area contributed by atoms with Gasteiger partial charge in [0.2, 0.25) is 11.8 Å². The van der Waals surface area contributed by atoms with Gasteiger partial charge in [0.25, 0.3) is 10.0 Å². The molecule has 3 aromatic rings. The molecule has 12 heteroatoms. The molecule has 0 saturated heterocycles. The third-order valence-electron chi connectivity index (χ3n) is 6.27. The van der Waals surface area contributed by atoms with Crippen molar-refractivity contribution in [1.82, 2.24) is 0 Å². The van der Waals surface area contributed by atoms with E-state index in [2.05, 4.69) is 15.4 Å². The number of rotatable bonds is 12. The lowest BCUT2D eigenvalue weighted by Gasteiger charge is -2.19. The molecule has 0 aliphatic heterocycles. The Morgan fingerprint density at radius 3 is 2.07 bits per heavy atom. The minimum Gasteiger partial charge on any atom is -0.456 e. The van der Waals surface area contributed by atoms with Crippen LogP contribution in [-0.4, -0.2) is 44.2 Å². The first-order valence-electron chi connectivity index (χ1n) is 13.6. The van der Waals surface area contributed by atoms with Gasteiger partial charge in [0, 0.05) is 34.3 Å². The maximum absolute atomic E-state index is 13.4. The van der Waals surface area contributed by atoms with Crippen LogP contribution in [0.5, 0.6) is 0 Å². The molecular formula is C31H37FN4O6S. The maximum atomic E-state index is 13.4. The number of hydrogen-bond donors (Lipinski definition) is 4. The fourth-order valence-electron chi connectivity index (χ4n) is 3.90. The van der Waals surface area contributed by atoms with Crippen LogP contribution in [0.25, 0.3) is 10.8 Å². The van der Waals surface area contributed by atoms with E-state index in [4.69, 9.17) is 10.1 Å². The molecular weight excluding hydrogens is 575 g/mol. The molecule has 0 saturated carbocycles. The first-order chi connectivity index (χ1) is 20.0. The average molecular weight is 613 g/mol. The van der Waals surface area contributed by atoms with Crippen LogP contribution in [0.3, 0.4) is 0 Å². The van der Waals surface area contributed by atoms with Gasteiger partial charge in [-0.25, -0.2) is 17.6 Å². The van der Waals surface area contributed by atoms with Gasteiger partial charge in [-0.15, -0.1) is 0 Å². The molecule has 3 aromatic carbocycles. The summed E-state index contributed by atoms with van der Waals surface area (Å²) in [6, 6.07) is 15.6. The Balaban J connectivity index is 1.70. The Morgan fingerprint density at radius 1 is 0.837 bits per heavy atom. The highest BCUT2D eigenvalue weighted by Crippen LogP contribution is 2.30. The van der Waals surface area contributed by atoms with Gasteiger partial charge in [-0.1, -0.05) is 24.3 Å². The molecule has 0 aromatic heterocycles. The fourth-order valence-corrected chi connectivity index (χ4v) is 5.18. The first-order valence-corrected chi connectivity index (χ1v) is 15.1. The highest BCUT2D eigenvalue weighted by atomic mass is 32.2. The highest BCUT2D eigenvalue weighted by Gasteiger charge is 2.27. The molecule has 2 amide bonds. The number of esters is 1. The normalized spacial score (nSPS) is 12.0. The lowest BCUT2D eigenvalue weighted by molar-refractivity contribution is -0.146. The van der Waals surface area contributed by atoms with Gasteiger partial charge in [0.15, 0.2) is 0 Å². The van der Waals surface area contributed by atoms with Crippen LogP contribution in [0.4, 0.5) is 21.5 Å². The van der Waals surface area contributed by atoms with Crippen molar-refractivity contribution in [3.05, 3.63) is 60.7 Å². The SMILES string of the molecule is CC(C)(C)OC(=O)C(=N)CCCC(=O)Nc1cccc2c(S(=O)(=O)Nc3ccc(NC(=O)C(C)(C)CF)cc3)cccc12. The van der Waals surface area contributed by atoms with E-state index in [0.717, 1.165) is 0 Å². The number of halogens is 1. The van der Waals surface area contributed by atoms with Crippen LogP contribution in [0.2, 0.25) is 0 Å². The van der Waals surface area contributed by atoms with Crippen molar-refractivity contribution in [2.45, 2.75) is 64.4 Å². The number of fused-ring (bicyclic) bond motifs is 1. The second-order valence-corrected chi connectivity index (χ2v) is 13.3. The minimum atomic E-state index is -4.06. The van der Waals surface area contributed by atoms with Gasteiger partial charge >= 0.3 is 5.97 Å². The molecule has 0 atom stereocenters. The van der Waals surface area contributed by atoms with Gasteiger partial charge in [0.1, 0.15) is 18.0 Å². The first kappa shape index (κ1) is 33.2. The number of nitrogens with one attached hydrogen (secondary N) is 4. The van der Waals surface area contributed by atoms with Gasteiger partial charge in [0.05, 0.1) is 10.3 Å². The largest absolute Gasteiger partial charge is 0.456 e. The summed E-state index contributed by atoms with van der Waals surface area (Å²) in [7, 11) is -4.06. The van der Waals surface area contributed by atoms with Gasteiger partial charge < -0.3 is 15.4 Å². The molecule has 10 nitrogen and oxygen atoms in total. The van der Waals surface area contributed by atoms with Crippen LogP contribution in [0.1, 0.15) is 53.9 Å². The number of anilines is 3. The van der Waals surface area contributed by atoms with Crippen LogP contribution >= 0.6 is 0 Å². The predicted molar refractivity (Wildman–Crippen MR) is 166 cm³/mol. The summed E-state index contributed by atoms with van der Waals surface area (Å²) in [6.45, 7) is 7.26. The van der Waals surface area contributed by atoms with E-state index in [1.54, 1.807) is 51.1 Å². The zero-order valence-electron chi connectivity index (χ0n) is 24.8. The number of alkyl halides is 1. The number of benzene rings is 3. The number of hydrogen-bond acceptors (Lipinski definition) is 7. The molecule has 0 aliphatic rings. The monoisotopic (exact) mass is 612 g/mol. The second-order valence-electron chi connectivity index (χ2n) is 11.7. The molecule has 0 spiro atoms.